The molecule has 0 radical (unpaired) electrons. The zero-order chi connectivity index (χ0) is 32.4. The molecule has 2 aliphatic heterocycles. The van der Waals surface area contributed by atoms with E-state index in [9.17, 15) is 0 Å². The van der Waals surface area contributed by atoms with Crippen molar-refractivity contribution in [3.8, 4) is 33.4 Å². The number of hydrogen-bond donors (Lipinski definition) is 0. The fourth-order valence-corrected chi connectivity index (χ4v) is 9.99. The van der Waals surface area contributed by atoms with Crippen molar-refractivity contribution in [1.82, 2.24) is 9.13 Å². The van der Waals surface area contributed by atoms with Crippen molar-refractivity contribution in [2.24, 2.45) is 11.8 Å². The highest BCUT2D eigenvalue weighted by Crippen LogP contribution is 2.57. The highest BCUT2D eigenvalue weighted by Gasteiger charge is 2.49. The second kappa shape index (κ2) is 9.73. The van der Waals surface area contributed by atoms with Gasteiger partial charge < -0.3 is 9.13 Å². The summed E-state index contributed by atoms with van der Waals surface area (Å²) in [6, 6.07) is 37.3. The van der Waals surface area contributed by atoms with Crippen molar-refractivity contribution in [2.75, 3.05) is 0 Å². The van der Waals surface area contributed by atoms with Crippen LogP contribution in [0.3, 0.4) is 0 Å². The third-order valence-electron chi connectivity index (χ3n) is 12.2. The summed E-state index contributed by atoms with van der Waals surface area (Å²) < 4.78 is 5.24. The molecule has 48 heavy (non-hydrogen) atoms. The van der Waals surface area contributed by atoms with Crippen LogP contribution in [0.2, 0.25) is 0 Å². The van der Waals surface area contributed by atoms with Crippen molar-refractivity contribution >= 4 is 21.8 Å². The van der Waals surface area contributed by atoms with Gasteiger partial charge >= 0.3 is 0 Å². The summed E-state index contributed by atoms with van der Waals surface area (Å²) in [5.41, 5.74) is 13.5. The first-order valence-electron chi connectivity index (χ1n) is 17.5. The molecule has 0 N–H and O–H groups in total. The summed E-state index contributed by atoms with van der Waals surface area (Å²) in [5.74, 6) is 0.917. The van der Waals surface area contributed by atoms with Gasteiger partial charge in [-0.3, -0.25) is 0 Å². The van der Waals surface area contributed by atoms with Gasteiger partial charge in [0.15, 0.2) is 0 Å². The highest BCUT2D eigenvalue weighted by atomic mass is 15.1. The van der Waals surface area contributed by atoms with Crippen LogP contribution >= 0.6 is 0 Å². The van der Waals surface area contributed by atoms with Gasteiger partial charge in [-0.25, -0.2) is 0 Å². The zero-order valence-corrected chi connectivity index (χ0v) is 28.1. The molecule has 4 aliphatic rings. The lowest BCUT2D eigenvalue weighted by Crippen LogP contribution is -2.25. The first-order valence-corrected chi connectivity index (χ1v) is 17.5. The van der Waals surface area contributed by atoms with E-state index in [0.717, 1.165) is 0 Å². The molecular weight excluding hydrogens is 581 g/mol. The molecule has 0 fully saturated rings. The number of aromatic nitrogens is 2. The van der Waals surface area contributed by atoms with Gasteiger partial charge in [0, 0.05) is 67.0 Å². The standard InChI is InChI=1S/C46H40N2/c1-45(2)35-15-7-11-19-39(35)47-37-17-9-5-13-33(37)41(43(45)47)31-25-21-29(22-26-31)30-23-27-32(28-24-30)42-34-14-6-10-18-38(34)48-40-20-12-8-16-36(40)46(3,4)44(42)48/h5-28,35-36,39-40H,1-4H3. The highest BCUT2D eigenvalue weighted by molar-refractivity contribution is 6.01. The van der Waals surface area contributed by atoms with E-state index in [0.29, 0.717) is 23.9 Å². The molecule has 4 unspecified atom stereocenters. The quantitative estimate of drug-likeness (QED) is 0.186. The minimum atomic E-state index is 0.0249. The summed E-state index contributed by atoms with van der Waals surface area (Å²) >= 11 is 0. The van der Waals surface area contributed by atoms with Gasteiger partial charge in [-0.15, -0.1) is 0 Å². The van der Waals surface area contributed by atoms with Gasteiger partial charge in [-0.1, -0.05) is 161 Å². The van der Waals surface area contributed by atoms with Gasteiger partial charge in [0.2, 0.25) is 0 Å². The van der Waals surface area contributed by atoms with E-state index in [1.165, 1.54) is 66.6 Å². The van der Waals surface area contributed by atoms with Gasteiger partial charge in [-0.2, -0.15) is 0 Å². The minimum Gasteiger partial charge on any atom is -0.336 e. The predicted octanol–water partition coefficient (Wildman–Crippen LogP) is 11.7. The lowest BCUT2D eigenvalue weighted by atomic mass is 9.73. The second-order valence-electron chi connectivity index (χ2n) is 15.4. The summed E-state index contributed by atoms with van der Waals surface area (Å²) in [5, 5.41) is 2.69. The molecule has 0 spiro atoms. The maximum atomic E-state index is 2.62. The van der Waals surface area contributed by atoms with Crippen LogP contribution in [0.4, 0.5) is 0 Å². The molecule has 4 atom stereocenters. The summed E-state index contributed by atoms with van der Waals surface area (Å²) in [6.45, 7) is 9.71. The molecule has 10 rings (SSSR count). The second-order valence-corrected chi connectivity index (χ2v) is 15.4. The Morgan fingerprint density at radius 1 is 0.417 bits per heavy atom. The molecule has 4 heterocycles. The number of fused-ring (bicyclic) bond motifs is 10. The van der Waals surface area contributed by atoms with E-state index in [2.05, 4.69) is 182 Å². The molecule has 0 saturated carbocycles. The molecule has 2 aromatic heterocycles. The van der Waals surface area contributed by atoms with Crippen LogP contribution in [0.5, 0.6) is 0 Å². The third kappa shape index (κ3) is 3.58. The Morgan fingerprint density at radius 2 is 0.771 bits per heavy atom. The summed E-state index contributed by atoms with van der Waals surface area (Å²) in [6.07, 6.45) is 18.5. The molecule has 0 amide bonds. The Balaban J connectivity index is 1.05. The average Bonchev–Trinajstić information content (AvgIpc) is 3.79. The maximum Gasteiger partial charge on any atom is 0.0594 e. The van der Waals surface area contributed by atoms with E-state index < -0.39 is 0 Å². The molecule has 2 heteroatoms. The topological polar surface area (TPSA) is 9.86 Å². The fraction of sp³-hybridized carbons (Fsp3) is 0.217. The number of nitrogens with zero attached hydrogens (tertiary/aromatic N) is 2. The van der Waals surface area contributed by atoms with E-state index in [1.54, 1.807) is 0 Å². The maximum absolute atomic E-state index is 2.62. The Morgan fingerprint density at radius 3 is 1.19 bits per heavy atom. The molecule has 2 nitrogen and oxygen atoms in total. The van der Waals surface area contributed by atoms with Crippen molar-refractivity contribution in [1.29, 1.82) is 0 Å². The largest absolute Gasteiger partial charge is 0.336 e. The van der Waals surface area contributed by atoms with Crippen LogP contribution in [0.15, 0.2) is 146 Å². The number of benzene rings is 4. The SMILES string of the molecule is CC1(C)c2c(-c3ccc(-c4ccc(-c5c6n(c7ccccc57)C5C=CC=CC5C6(C)C)cc4)cc3)c3ccccc3n2C2C=CC=CC21. The van der Waals surface area contributed by atoms with E-state index >= 15 is 0 Å². The van der Waals surface area contributed by atoms with Crippen LogP contribution in [0.25, 0.3) is 55.2 Å². The van der Waals surface area contributed by atoms with Crippen LogP contribution in [0, 0.1) is 11.8 Å². The minimum absolute atomic E-state index is 0.0249. The fourth-order valence-electron chi connectivity index (χ4n) is 9.99. The van der Waals surface area contributed by atoms with Crippen LogP contribution in [-0.4, -0.2) is 9.13 Å². The van der Waals surface area contributed by atoms with Crippen molar-refractivity contribution in [3.05, 3.63) is 157 Å². The van der Waals surface area contributed by atoms with Crippen LogP contribution < -0.4 is 0 Å². The monoisotopic (exact) mass is 620 g/mol. The van der Waals surface area contributed by atoms with Crippen molar-refractivity contribution in [2.45, 2.75) is 50.6 Å². The lowest BCUT2D eigenvalue weighted by Gasteiger charge is -2.29. The van der Waals surface area contributed by atoms with Gasteiger partial charge in [0.05, 0.1) is 12.1 Å². The molecule has 0 saturated heterocycles. The van der Waals surface area contributed by atoms with Gasteiger partial charge in [-0.05, 0) is 34.4 Å². The normalized spacial score (nSPS) is 23.8. The summed E-state index contributed by atoms with van der Waals surface area (Å²) in [4.78, 5) is 0. The van der Waals surface area contributed by atoms with Crippen molar-refractivity contribution in [3.63, 3.8) is 0 Å². The van der Waals surface area contributed by atoms with Gasteiger partial charge in [0.25, 0.3) is 0 Å². The summed E-state index contributed by atoms with van der Waals surface area (Å²) in [7, 11) is 0. The number of hydrogen-bond acceptors (Lipinski definition) is 0. The molecule has 4 aromatic carbocycles. The molecular formula is C46H40N2. The number of para-hydroxylation sites is 2. The molecule has 6 aromatic rings. The Bertz CT molecular complexity index is 2230. The first kappa shape index (κ1) is 28.0. The van der Waals surface area contributed by atoms with E-state index in [-0.39, 0.29) is 10.8 Å². The molecule has 234 valence electrons. The van der Waals surface area contributed by atoms with E-state index in [4.69, 9.17) is 0 Å². The van der Waals surface area contributed by atoms with Crippen molar-refractivity contribution < 1.29 is 0 Å². The third-order valence-corrected chi connectivity index (χ3v) is 12.2. The number of allylic oxidation sites excluding steroid dienone is 8. The molecule has 0 bridgehead atoms. The first-order chi connectivity index (χ1) is 23.4. The average molecular weight is 621 g/mol. The Hall–Kier alpha value is -5.08. The van der Waals surface area contributed by atoms with Crippen LogP contribution in [0.1, 0.15) is 51.2 Å². The Labute approximate surface area is 283 Å². The zero-order valence-electron chi connectivity index (χ0n) is 28.1. The predicted molar refractivity (Wildman–Crippen MR) is 201 cm³/mol. The van der Waals surface area contributed by atoms with Crippen LogP contribution in [-0.2, 0) is 10.8 Å². The Kier molecular flexibility index (Phi) is 5.67. The van der Waals surface area contributed by atoms with E-state index in [1.807, 2.05) is 0 Å². The van der Waals surface area contributed by atoms with Gasteiger partial charge in [0.1, 0.15) is 0 Å². The lowest BCUT2D eigenvalue weighted by molar-refractivity contribution is 0.382. The number of rotatable bonds is 3. The smallest absolute Gasteiger partial charge is 0.0594 e. The molecule has 2 aliphatic carbocycles.